The smallest absolute Gasteiger partial charge is 0.303 e. The number of carbonyl (C=O) groups excluding carboxylic acids is 4. The molecule has 2 aliphatic rings. The summed E-state index contributed by atoms with van der Waals surface area (Å²) in [5, 5.41) is 38.5. The number of benzene rings is 1. The summed E-state index contributed by atoms with van der Waals surface area (Å²) < 4.78 is 44.5. The molecule has 10 atom stereocenters. The molecule has 5 N–H and O–H groups in total. The lowest BCUT2D eigenvalue weighted by atomic mass is 9.96. The molecule has 1 aromatic carbocycles. The van der Waals surface area contributed by atoms with E-state index in [4.69, 9.17) is 57.2 Å². The highest BCUT2D eigenvalue weighted by atomic mass is 32.2. The van der Waals surface area contributed by atoms with E-state index >= 15 is 0 Å². The Morgan fingerprint density at radius 3 is 1.98 bits per heavy atom. The lowest BCUT2D eigenvalue weighted by Crippen LogP contribution is -2.66. The Balaban J connectivity index is 1.89. The first kappa shape index (κ1) is 39.2. The summed E-state index contributed by atoms with van der Waals surface area (Å²) >= 11 is 6.23. The third-order valence-corrected chi connectivity index (χ3v) is 7.30. The standard InChI is InChI=1S/C28H37BN2O15S2/c1-12(33)39-10-19-22(40-13(2)34)24(41-14(3)35)25(42-15(4)36)27(45-19)46-23-20(37)18(9-32)44-26(21(23)38)43-17-7-5-16(6-8-17)31-28(47)30-11-48-29/h5-8,18-27,32,37-38H,9-11H2,1-4H3,(H2,30,31,47). The highest BCUT2D eigenvalue weighted by Gasteiger charge is 2.56. The van der Waals surface area contributed by atoms with E-state index in [1.54, 1.807) is 12.1 Å². The predicted octanol–water partition coefficient (Wildman–Crippen LogP) is -0.967. The van der Waals surface area contributed by atoms with Crippen LogP contribution in [0.4, 0.5) is 5.69 Å². The zero-order chi connectivity index (χ0) is 35.5. The van der Waals surface area contributed by atoms with E-state index in [1.165, 1.54) is 12.1 Å². The SMILES string of the molecule is [B]SCNC(=S)Nc1ccc(OC2OC(CO)C(O)C(OC3OC(COC(C)=O)C(OC(C)=O)C(OC(C)=O)C3OC(C)=O)C2O)cc1. The number of anilines is 1. The van der Waals surface area contributed by atoms with Gasteiger partial charge in [0, 0.05) is 33.4 Å². The Bertz CT molecular complexity index is 1280. The molecule has 264 valence electrons. The van der Waals surface area contributed by atoms with Crippen molar-refractivity contribution in [3.63, 3.8) is 0 Å². The Morgan fingerprint density at radius 1 is 0.833 bits per heavy atom. The quantitative estimate of drug-likeness (QED) is 0.0544. The summed E-state index contributed by atoms with van der Waals surface area (Å²) in [4.78, 5) is 47.9. The highest BCUT2D eigenvalue weighted by molar-refractivity contribution is 8.19. The van der Waals surface area contributed by atoms with Crippen LogP contribution in [-0.2, 0) is 52.3 Å². The molecule has 2 heterocycles. The lowest BCUT2D eigenvalue weighted by Gasteiger charge is -2.47. The van der Waals surface area contributed by atoms with E-state index in [-0.39, 0.29) is 5.75 Å². The summed E-state index contributed by atoms with van der Waals surface area (Å²) in [6, 6.07) is 6.32. The molecular formula is C28H37BN2O15S2. The molecular weight excluding hydrogens is 679 g/mol. The summed E-state index contributed by atoms with van der Waals surface area (Å²) in [5.41, 5.74) is 0.598. The number of hydrogen-bond acceptors (Lipinski definition) is 17. The molecule has 0 amide bonds. The van der Waals surface area contributed by atoms with E-state index in [0.717, 1.165) is 39.3 Å². The van der Waals surface area contributed by atoms with E-state index in [9.17, 15) is 34.5 Å². The second-order valence-electron chi connectivity index (χ2n) is 10.5. The molecule has 3 rings (SSSR count). The number of thiocarbonyl (C=S) groups is 1. The lowest BCUT2D eigenvalue weighted by molar-refractivity contribution is -0.354. The van der Waals surface area contributed by atoms with Crippen LogP contribution in [0, 0.1) is 0 Å². The monoisotopic (exact) mass is 716 g/mol. The minimum Gasteiger partial charge on any atom is -0.463 e. The number of nitrogens with one attached hydrogen (secondary N) is 2. The second kappa shape index (κ2) is 18.5. The Morgan fingerprint density at radius 2 is 1.42 bits per heavy atom. The van der Waals surface area contributed by atoms with Crippen molar-refractivity contribution in [3.8, 4) is 5.75 Å². The van der Waals surface area contributed by atoms with Crippen LogP contribution >= 0.6 is 23.8 Å². The predicted molar refractivity (Wildman–Crippen MR) is 169 cm³/mol. The van der Waals surface area contributed by atoms with Crippen molar-refractivity contribution in [1.82, 2.24) is 5.32 Å². The Hall–Kier alpha value is -3.24. The minimum atomic E-state index is -1.77. The molecule has 0 aliphatic carbocycles. The van der Waals surface area contributed by atoms with Gasteiger partial charge in [0.2, 0.25) is 6.29 Å². The number of aliphatic hydroxyl groups excluding tert-OH is 3. The molecule has 20 heteroatoms. The zero-order valence-electron chi connectivity index (χ0n) is 26.3. The molecule has 1 aromatic rings. The normalized spacial score (nSPS) is 29.9. The van der Waals surface area contributed by atoms with Crippen molar-refractivity contribution in [2.45, 2.75) is 89.1 Å². The summed E-state index contributed by atoms with van der Waals surface area (Å²) in [7, 11) is 5.38. The molecule has 10 unspecified atom stereocenters. The van der Waals surface area contributed by atoms with E-state index in [2.05, 4.69) is 10.6 Å². The summed E-state index contributed by atoms with van der Waals surface area (Å²) in [6.07, 6.45) is -15.7. The summed E-state index contributed by atoms with van der Waals surface area (Å²) in [5.74, 6) is -2.70. The van der Waals surface area contributed by atoms with Gasteiger partial charge >= 0.3 is 23.9 Å². The van der Waals surface area contributed by atoms with Crippen LogP contribution in [0.5, 0.6) is 5.75 Å². The van der Waals surface area contributed by atoms with Gasteiger partial charge in [-0.1, -0.05) is 0 Å². The van der Waals surface area contributed by atoms with Crippen molar-refractivity contribution >= 4 is 65.6 Å². The molecule has 0 bridgehead atoms. The van der Waals surface area contributed by atoms with Crippen LogP contribution < -0.4 is 15.4 Å². The van der Waals surface area contributed by atoms with Crippen molar-refractivity contribution in [2.24, 2.45) is 0 Å². The van der Waals surface area contributed by atoms with E-state index in [1.807, 2.05) is 0 Å². The number of esters is 4. The fourth-order valence-electron chi connectivity index (χ4n) is 4.80. The number of hydrogen-bond donors (Lipinski definition) is 5. The molecule has 17 nitrogen and oxygen atoms in total. The molecule has 0 spiro atoms. The average Bonchev–Trinajstić information content (AvgIpc) is 3.01. The molecule has 0 aromatic heterocycles. The van der Waals surface area contributed by atoms with Crippen LogP contribution in [0.3, 0.4) is 0 Å². The molecule has 2 radical (unpaired) electrons. The van der Waals surface area contributed by atoms with Crippen molar-refractivity contribution in [2.75, 3.05) is 24.4 Å². The van der Waals surface area contributed by atoms with Crippen molar-refractivity contribution in [1.29, 1.82) is 0 Å². The number of rotatable bonds is 13. The van der Waals surface area contributed by atoms with Crippen molar-refractivity contribution < 1.29 is 72.4 Å². The first-order valence-electron chi connectivity index (χ1n) is 14.5. The van der Waals surface area contributed by atoms with Gasteiger partial charge in [-0.25, -0.2) is 11.6 Å². The number of carbonyl (C=O) groups is 4. The third kappa shape index (κ3) is 11.2. The second-order valence-corrected chi connectivity index (χ2v) is 11.5. The third-order valence-electron chi connectivity index (χ3n) is 6.74. The van der Waals surface area contributed by atoms with Gasteiger partial charge in [0.15, 0.2) is 36.8 Å². The van der Waals surface area contributed by atoms with Crippen LogP contribution in [0.1, 0.15) is 27.7 Å². The van der Waals surface area contributed by atoms with E-state index in [0.29, 0.717) is 16.7 Å². The van der Waals surface area contributed by atoms with Gasteiger partial charge in [0.1, 0.15) is 42.9 Å². The van der Waals surface area contributed by atoms with Gasteiger partial charge in [-0.05, 0) is 36.5 Å². The molecule has 2 fully saturated rings. The van der Waals surface area contributed by atoms with Crippen LogP contribution in [0.15, 0.2) is 24.3 Å². The fourth-order valence-corrected chi connectivity index (χ4v) is 5.31. The van der Waals surface area contributed by atoms with Gasteiger partial charge in [0.25, 0.3) is 0 Å². The number of ether oxygens (including phenoxy) is 8. The zero-order valence-corrected chi connectivity index (χ0v) is 28.0. The van der Waals surface area contributed by atoms with Crippen LogP contribution in [0.25, 0.3) is 0 Å². The first-order valence-corrected chi connectivity index (χ1v) is 15.9. The first-order chi connectivity index (χ1) is 22.7. The summed E-state index contributed by atoms with van der Waals surface area (Å²) in [6.45, 7) is 3.02. The van der Waals surface area contributed by atoms with Gasteiger partial charge in [0.05, 0.1) is 12.5 Å². The maximum Gasteiger partial charge on any atom is 0.303 e. The van der Waals surface area contributed by atoms with Gasteiger partial charge in [-0.2, -0.15) is 0 Å². The maximum absolute atomic E-state index is 12.2. The Kier molecular flexibility index (Phi) is 15.1. The largest absolute Gasteiger partial charge is 0.463 e. The molecule has 2 aliphatic heterocycles. The van der Waals surface area contributed by atoms with Crippen LogP contribution in [-0.4, -0.2) is 132 Å². The van der Waals surface area contributed by atoms with Crippen LogP contribution in [0.2, 0.25) is 0 Å². The van der Waals surface area contributed by atoms with E-state index < -0.39 is 98.5 Å². The molecule has 2 saturated heterocycles. The fraction of sp³-hybridized carbons (Fsp3) is 0.607. The van der Waals surface area contributed by atoms with Gasteiger partial charge < -0.3 is 63.8 Å². The maximum atomic E-state index is 12.2. The highest BCUT2D eigenvalue weighted by Crippen LogP contribution is 2.34. The topological polar surface area (TPSA) is 227 Å². The van der Waals surface area contributed by atoms with Gasteiger partial charge in [-0.15, -0.1) is 0 Å². The van der Waals surface area contributed by atoms with Crippen molar-refractivity contribution in [3.05, 3.63) is 24.3 Å². The molecule has 48 heavy (non-hydrogen) atoms. The average molecular weight is 717 g/mol. The van der Waals surface area contributed by atoms with Gasteiger partial charge in [-0.3, -0.25) is 19.2 Å². The number of aliphatic hydroxyl groups is 3. The minimum absolute atomic E-state index is 0.208. The Labute approximate surface area is 286 Å². The molecule has 0 saturated carbocycles.